The van der Waals surface area contributed by atoms with E-state index in [4.69, 9.17) is 0 Å². The fraction of sp³-hybridized carbons (Fsp3) is 0.769. The Bertz CT molecular complexity index is 319. The Hall–Kier alpha value is -0.790. The van der Waals surface area contributed by atoms with Gasteiger partial charge in [-0.3, -0.25) is 4.68 Å². The second kappa shape index (κ2) is 4.38. The van der Waals surface area contributed by atoms with Gasteiger partial charge in [-0.1, -0.05) is 33.1 Å². The number of hydrogen-bond donors (Lipinski definition) is 0. The van der Waals surface area contributed by atoms with Crippen LogP contribution < -0.4 is 0 Å². The SMILES string of the molecule is CC(C)c1cc(C2CCCCC2)n(C)n1. The molecule has 1 aromatic rings. The molecule has 0 unspecified atom stereocenters. The Morgan fingerprint density at radius 3 is 2.47 bits per heavy atom. The van der Waals surface area contributed by atoms with Gasteiger partial charge in [0, 0.05) is 18.7 Å². The van der Waals surface area contributed by atoms with E-state index in [-0.39, 0.29) is 0 Å². The average Bonchev–Trinajstić information content (AvgIpc) is 2.62. The fourth-order valence-corrected chi connectivity index (χ4v) is 2.57. The summed E-state index contributed by atoms with van der Waals surface area (Å²) in [4.78, 5) is 0. The molecule has 2 rings (SSSR count). The molecule has 2 heteroatoms. The Morgan fingerprint density at radius 1 is 1.27 bits per heavy atom. The van der Waals surface area contributed by atoms with E-state index in [1.807, 2.05) is 0 Å². The lowest BCUT2D eigenvalue weighted by Gasteiger charge is -2.21. The highest BCUT2D eigenvalue weighted by Gasteiger charge is 2.20. The maximum atomic E-state index is 4.60. The number of rotatable bonds is 2. The van der Waals surface area contributed by atoms with E-state index in [1.165, 1.54) is 43.5 Å². The molecule has 0 aromatic carbocycles. The van der Waals surface area contributed by atoms with Crippen molar-refractivity contribution in [2.45, 2.75) is 57.8 Å². The lowest BCUT2D eigenvalue weighted by molar-refractivity contribution is 0.424. The summed E-state index contributed by atoms with van der Waals surface area (Å²) in [5.74, 6) is 1.32. The van der Waals surface area contributed by atoms with Crippen LogP contribution in [-0.2, 0) is 7.05 Å². The summed E-state index contributed by atoms with van der Waals surface area (Å²) in [5.41, 5.74) is 2.71. The summed E-state index contributed by atoms with van der Waals surface area (Å²) >= 11 is 0. The normalized spacial score (nSPS) is 18.7. The number of aromatic nitrogens is 2. The Balaban J connectivity index is 2.19. The van der Waals surface area contributed by atoms with Gasteiger partial charge < -0.3 is 0 Å². The van der Waals surface area contributed by atoms with Crippen LogP contribution in [-0.4, -0.2) is 9.78 Å². The van der Waals surface area contributed by atoms with Crippen molar-refractivity contribution in [1.29, 1.82) is 0 Å². The van der Waals surface area contributed by atoms with Gasteiger partial charge in [-0.05, 0) is 24.8 Å². The molecule has 1 saturated carbocycles. The maximum absolute atomic E-state index is 4.60. The van der Waals surface area contributed by atoms with Crippen LogP contribution >= 0.6 is 0 Å². The molecule has 1 fully saturated rings. The zero-order valence-corrected chi connectivity index (χ0v) is 10.2. The molecule has 0 aliphatic heterocycles. The van der Waals surface area contributed by atoms with Crippen LogP contribution in [0.5, 0.6) is 0 Å². The van der Waals surface area contributed by atoms with Gasteiger partial charge in [0.2, 0.25) is 0 Å². The van der Waals surface area contributed by atoms with E-state index >= 15 is 0 Å². The summed E-state index contributed by atoms with van der Waals surface area (Å²) in [5, 5.41) is 4.60. The van der Waals surface area contributed by atoms with Crippen molar-refractivity contribution in [3.8, 4) is 0 Å². The van der Waals surface area contributed by atoms with Crippen molar-refractivity contribution in [2.75, 3.05) is 0 Å². The van der Waals surface area contributed by atoms with E-state index in [0.29, 0.717) is 5.92 Å². The van der Waals surface area contributed by atoms with Gasteiger partial charge >= 0.3 is 0 Å². The molecule has 1 aliphatic rings. The molecule has 2 nitrogen and oxygen atoms in total. The molecule has 0 N–H and O–H groups in total. The maximum Gasteiger partial charge on any atom is 0.0652 e. The van der Waals surface area contributed by atoms with Crippen molar-refractivity contribution in [1.82, 2.24) is 9.78 Å². The number of hydrogen-bond acceptors (Lipinski definition) is 1. The average molecular weight is 206 g/mol. The molecule has 84 valence electrons. The van der Waals surface area contributed by atoms with Gasteiger partial charge in [0.05, 0.1) is 5.69 Å². The van der Waals surface area contributed by atoms with Crippen molar-refractivity contribution >= 4 is 0 Å². The third-order valence-electron chi connectivity index (χ3n) is 3.55. The molecule has 0 saturated heterocycles. The minimum atomic E-state index is 0.550. The van der Waals surface area contributed by atoms with Crippen LogP contribution in [0.3, 0.4) is 0 Å². The smallest absolute Gasteiger partial charge is 0.0652 e. The number of aryl methyl sites for hydroxylation is 1. The van der Waals surface area contributed by atoms with Gasteiger partial charge in [-0.25, -0.2) is 0 Å². The Labute approximate surface area is 92.7 Å². The highest BCUT2D eigenvalue weighted by Crippen LogP contribution is 2.33. The number of nitrogens with zero attached hydrogens (tertiary/aromatic N) is 2. The predicted molar refractivity (Wildman–Crippen MR) is 63.1 cm³/mol. The summed E-state index contributed by atoms with van der Waals surface area (Å²) in [7, 11) is 2.09. The van der Waals surface area contributed by atoms with Crippen LogP contribution in [0.1, 0.15) is 69.2 Å². The van der Waals surface area contributed by atoms with Gasteiger partial charge in [-0.2, -0.15) is 5.10 Å². The van der Waals surface area contributed by atoms with E-state index < -0.39 is 0 Å². The lowest BCUT2D eigenvalue weighted by atomic mass is 9.86. The van der Waals surface area contributed by atoms with Crippen molar-refractivity contribution in [2.24, 2.45) is 7.05 Å². The van der Waals surface area contributed by atoms with Crippen molar-refractivity contribution in [3.05, 3.63) is 17.5 Å². The van der Waals surface area contributed by atoms with Crippen molar-refractivity contribution in [3.63, 3.8) is 0 Å². The first-order valence-electron chi connectivity index (χ1n) is 6.22. The van der Waals surface area contributed by atoms with E-state index in [2.05, 4.69) is 36.7 Å². The minimum absolute atomic E-state index is 0.550. The summed E-state index contributed by atoms with van der Waals surface area (Å²) in [6, 6.07) is 2.32. The Kier molecular flexibility index (Phi) is 3.13. The van der Waals surface area contributed by atoms with Gasteiger partial charge in [0.1, 0.15) is 0 Å². The summed E-state index contributed by atoms with van der Waals surface area (Å²) in [6.45, 7) is 4.43. The van der Waals surface area contributed by atoms with Crippen LogP contribution in [0, 0.1) is 0 Å². The molecule has 1 heterocycles. The quantitative estimate of drug-likeness (QED) is 0.723. The predicted octanol–water partition coefficient (Wildman–Crippen LogP) is 3.59. The molecule has 15 heavy (non-hydrogen) atoms. The van der Waals surface area contributed by atoms with Crippen LogP contribution in [0.4, 0.5) is 0 Å². The Morgan fingerprint density at radius 2 is 1.93 bits per heavy atom. The van der Waals surface area contributed by atoms with Crippen LogP contribution in [0.25, 0.3) is 0 Å². The molecule has 0 spiro atoms. The largest absolute Gasteiger partial charge is 0.272 e. The zero-order chi connectivity index (χ0) is 10.8. The summed E-state index contributed by atoms with van der Waals surface area (Å²) < 4.78 is 2.10. The standard InChI is InChI=1S/C13H22N2/c1-10(2)12-9-13(15(3)14-12)11-7-5-4-6-8-11/h9-11H,4-8H2,1-3H3. The molecule has 1 aliphatic carbocycles. The second-order valence-corrected chi connectivity index (χ2v) is 5.11. The molecular formula is C13H22N2. The fourth-order valence-electron chi connectivity index (χ4n) is 2.57. The second-order valence-electron chi connectivity index (χ2n) is 5.11. The van der Waals surface area contributed by atoms with E-state index in [0.717, 1.165) is 5.92 Å². The molecule has 0 amide bonds. The topological polar surface area (TPSA) is 17.8 Å². The van der Waals surface area contributed by atoms with E-state index in [9.17, 15) is 0 Å². The monoisotopic (exact) mass is 206 g/mol. The lowest BCUT2D eigenvalue weighted by Crippen LogP contribution is -2.09. The summed E-state index contributed by atoms with van der Waals surface area (Å²) in [6.07, 6.45) is 6.93. The minimum Gasteiger partial charge on any atom is -0.272 e. The van der Waals surface area contributed by atoms with E-state index in [1.54, 1.807) is 0 Å². The molecule has 1 aromatic heterocycles. The van der Waals surface area contributed by atoms with Crippen molar-refractivity contribution < 1.29 is 0 Å². The first-order valence-corrected chi connectivity index (χ1v) is 6.22. The van der Waals surface area contributed by atoms with Gasteiger partial charge in [0.25, 0.3) is 0 Å². The van der Waals surface area contributed by atoms with Gasteiger partial charge in [0.15, 0.2) is 0 Å². The molecule has 0 atom stereocenters. The third kappa shape index (κ3) is 2.24. The molecule has 0 radical (unpaired) electrons. The first-order chi connectivity index (χ1) is 7.18. The third-order valence-corrected chi connectivity index (χ3v) is 3.55. The highest BCUT2D eigenvalue weighted by molar-refractivity contribution is 5.17. The van der Waals surface area contributed by atoms with Gasteiger partial charge in [-0.15, -0.1) is 0 Å². The highest BCUT2D eigenvalue weighted by atomic mass is 15.3. The van der Waals surface area contributed by atoms with Crippen LogP contribution in [0.15, 0.2) is 6.07 Å². The first kappa shape index (κ1) is 10.7. The zero-order valence-electron chi connectivity index (χ0n) is 10.2. The van der Waals surface area contributed by atoms with Crippen LogP contribution in [0.2, 0.25) is 0 Å². The molecule has 0 bridgehead atoms. The molecular weight excluding hydrogens is 184 g/mol.